The Morgan fingerprint density at radius 2 is 1.67 bits per heavy atom. The number of halogens is 1. The molecule has 0 aliphatic rings. The summed E-state index contributed by atoms with van der Waals surface area (Å²) < 4.78 is 17.5. The summed E-state index contributed by atoms with van der Waals surface area (Å²) in [5, 5.41) is 3.99. The number of carbonyl (C=O) groups is 1. The first-order chi connectivity index (χ1) is 14.2. The molecule has 0 unspecified atom stereocenters. The number of ether oxygens (including phenoxy) is 3. The number of nitrogens with one attached hydrogen (secondary N) is 1. The number of rotatable bonds is 9. The molecule has 1 N–H and O–H groups in total. The molecule has 0 spiro atoms. The van der Waals surface area contributed by atoms with Gasteiger partial charge >= 0.3 is 0 Å². The van der Waals surface area contributed by atoms with Gasteiger partial charge < -0.3 is 14.2 Å². The van der Waals surface area contributed by atoms with Gasteiger partial charge in [-0.1, -0.05) is 26.8 Å². The summed E-state index contributed by atoms with van der Waals surface area (Å²) in [6.07, 6.45) is 1.55. The Kier molecular flexibility index (Phi) is 8.72. The van der Waals surface area contributed by atoms with Crippen LogP contribution in [0.1, 0.15) is 45.7 Å². The van der Waals surface area contributed by atoms with Crippen LogP contribution in [-0.2, 0) is 10.2 Å². The molecule has 2 rings (SSSR count). The first-order valence-corrected chi connectivity index (χ1v) is 10.7. The van der Waals surface area contributed by atoms with Crippen molar-refractivity contribution >= 4 is 28.1 Å². The number of carbonyl (C=O) groups excluding carboxylic acids is 1. The lowest BCUT2D eigenvalue weighted by atomic mass is 9.87. The van der Waals surface area contributed by atoms with Crippen LogP contribution >= 0.6 is 15.9 Å². The van der Waals surface area contributed by atoms with E-state index in [0.29, 0.717) is 30.5 Å². The molecule has 0 aromatic heterocycles. The molecule has 0 radical (unpaired) electrons. The highest BCUT2D eigenvalue weighted by Crippen LogP contribution is 2.31. The standard InChI is InChI=1S/C23H29BrN2O4/c1-6-28-20-10-8-16(12-21(20)29-7-2)14-25-26-22(27)15-30-19-11-9-17(13-18(19)24)23(3,4)5/h8-14H,6-7,15H2,1-5H3,(H,26,27)/b25-14+. The number of hydrazone groups is 1. The molecule has 2 aromatic rings. The maximum absolute atomic E-state index is 12.0. The van der Waals surface area contributed by atoms with Gasteiger partial charge in [-0.15, -0.1) is 0 Å². The van der Waals surface area contributed by atoms with Gasteiger partial charge in [-0.25, -0.2) is 5.43 Å². The Bertz CT molecular complexity index is 891. The Morgan fingerprint density at radius 1 is 1.00 bits per heavy atom. The highest BCUT2D eigenvalue weighted by Gasteiger charge is 2.15. The fourth-order valence-electron chi connectivity index (χ4n) is 2.59. The number of amides is 1. The van der Waals surface area contributed by atoms with Crippen molar-refractivity contribution in [2.75, 3.05) is 19.8 Å². The van der Waals surface area contributed by atoms with E-state index in [2.05, 4.69) is 47.2 Å². The molecule has 0 aliphatic heterocycles. The van der Waals surface area contributed by atoms with Crippen LogP contribution in [0, 0.1) is 0 Å². The van der Waals surface area contributed by atoms with E-state index in [1.807, 2.05) is 50.2 Å². The van der Waals surface area contributed by atoms with Crippen LogP contribution in [-0.4, -0.2) is 31.9 Å². The van der Waals surface area contributed by atoms with Gasteiger partial charge in [0.25, 0.3) is 5.91 Å². The number of hydrogen-bond acceptors (Lipinski definition) is 5. The lowest BCUT2D eigenvalue weighted by Gasteiger charge is -2.20. The van der Waals surface area contributed by atoms with E-state index in [4.69, 9.17) is 14.2 Å². The first-order valence-electron chi connectivity index (χ1n) is 9.89. The SMILES string of the molecule is CCOc1ccc(/C=N/NC(=O)COc2ccc(C(C)(C)C)cc2Br)cc1OCC. The molecule has 0 atom stereocenters. The van der Waals surface area contributed by atoms with Gasteiger partial charge in [-0.3, -0.25) is 4.79 Å². The van der Waals surface area contributed by atoms with Crippen molar-refractivity contribution in [3.8, 4) is 17.2 Å². The van der Waals surface area contributed by atoms with Crippen molar-refractivity contribution in [3.05, 3.63) is 52.0 Å². The van der Waals surface area contributed by atoms with Gasteiger partial charge in [0.1, 0.15) is 5.75 Å². The highest BCUT2D eigenvalue weighted by atomic mass is 79.9. The third-order valence-corrected chi connectivity index (χ3v) is 4.75. The summed E-state index contributed by atoms with van der Waals surface area (Å²) in [6.45, 7) is 11.2. The minimum Gasteiger partial charge on any atom is -0.490 e. The van der Waals surface area contributed by atoms with E-state index < -0.39 is 0 Å². The van der Waals surface area contributed by atoms with E-state index in [1.165, 1.54) is 5.56 Å². The van der Waals surface area contributed by atoms with Crippen molar-refractivity contribution in [1.82, 2.24) is 5.43 Å². The number of benzene rings is 2. The van der Waals surface area contributed by atoms with E-state index in [9.17, 15) is 4.79 Å². The maximum Gasteiger partial charge on any atom is 0.277 e. The van der Waals surface area contributed by atoms with Crippen LogP contribution in [0.4, 0.5) is 0 Å². The Morgan fingerprint density at radius 3 is 2.30 bits per heavy atom. The first kappa shape index (κ1) is 23.7. The second kappa shape index (κ2) is 11.0. The molecular formula is C23H29BrN2O4. The minimum absolute atomic E-state index is 0.0377. The Labute approximate surface area is 186 Å². The summed E-state index contributed by atoms with van der Waals surface area (Å²) in [5.41, 5.74) is 4.46. The van der Waals surface area contributed by atoms with E-state index in [-0.39, 0.29) is 17.9 Å². The predicted octanol–water partition coefficient (Wildman–Crippen LogP) is 5.07. The summed E-state index contributed by atoms with van der Waals surface area (Å²) in [5.74, 6) is 1.57. The van der Waals surface area contributed by atoms with Crippen molar-refractivity contribution < 1.29 is 19.0 Å². The summed E-state index contributed by atoms with van der Waals surface area (Å²) >= 11 is 3.50. The minimum atomic E-state index is -0.353. The van der Waals surface area contributed by atoms with Gasteiger partial charge in [-0.05, 0) is 76.7 Å². The predicted molar refractivity (Wildman–Crippen MR) is 123 cm³/mol. The van der Waals surface area contributed by atoms with Crippen LogP contribution in [0.3, 0.4) is 0 Å². The van der Waals surface area contributed by atoms with Crippen LogP contribution in [0.25, 0.3) is 0 Å². The van der Waals surface area contributed by atoms with Crippen molar-refractivity contribution in [2.24, 2.45) is 5.10 Å². The van der Waals surface area contributed by atoms with E-state index >= 15 is 0 Å². The second-order valence-electron chi connectivity index (χ2n) is 7.55. The summed E-state index contributed by atoms with van der Waals surface area (Å²) in [4.78, 5) is 12.0. The average molecular weight is 477 g/mol. The fraction of sp³-hybridized carbons (Fsp3) is 0.391. The molecule has 0 heterocycles. The normalized spacial score (nSPS) is 11.4. The maximum atomic E-state index is 12.0. The molecule has 162 valence electrons. The molecular weight excluding hydrogens is 448 g/mol. The van der Waals surface area contributed by atoms with Gasteiger partial charge in [0, 0.05) is 0 Å². The summed E-state index contributed by atoms with van der Waals surface area (Å²) in [6, 6.07) is 11.3. The van der Waals surface area contributed by atoms with Crippen LogP contribution in [0.15, 0.2) is 46.0 Å². The topological polar surface area (TPSA) is 69.2 Å². The summed E-state index contributed by atoms with van der Waals surface area (Å²) in [7, 11) is 0. The highest BCUT2D eigenvalue weighted by molar-refractivity contribution is 9.10. The monoisotopic (exact) mass is 476 g/mol. The Balaban J connectivity index is 1.92. The zero-order valence-electron chi connectivity index (χ0n) is 18.1. The molecule has 7 heteroatoms. The van der Waals surface area contributed by atoms with Crippen molar-refractivity contribution in [1.29, 1.82) is 0 Å². The van der Waals surface area contributed by atoms with Crippen LogP contribution in [0.5, 0.6) is 17.2 Å². The zero-order valence-corrected chi connectivity index (χ0v) is 19.7. The fourth-order valence-corrected chi connectivity index (χ4v) is 3.08. The van der Waals surface area contributed by atoms with Crippen LogP contribution < -0.4 is 19.6 Å². The van der Waals surface area contributed by atoms with Crippen molar-refractivity contribution in [2.45, 2.75) is 40.0 Å². The van der Waals surface area contributed by atoms with Crippen molar-refractivity contribution in [3.63, 3.8) is 0 Å². The van der Waals surface area contributed by atoms with Gasteiger partial charge in [0.15, 0.2) is 18.1 Å². The van der Waals surface area contributed by atoms with Gasteiger partial charge in [0.2, 0.25) is 0 Å². The van der Waals surface area contributed by atoms with Gasteiger partial charge in [0.05, 0.1) is 23.9 Å². The molecule has 2 aromatic carbocycles. The Hall–Kier alpha value is -2.54. The van der Waals surface area contributed by atoms with Gasteiger partial charge in [-0.2, -0.15) is 5.10 Å². The number of hydrogen-bond donors (Lipinski definition) is 1. The average Bonchev–Trinajstić information content (AvgIpc) is 2.68. The number of nitrogens with zero attached hydrogens (tertiary/aromatic N) is 1. The molecule has 30 heavy (non-hydrogen) atoms. The molecule has 0 aliphatic carbocycles. The molecule has 0 saturated heterocycles. The van der Waals surface area contributed by atoms with Crippen LogP contribution in [0.2, 0.25) is 0 Å². The lowest BCUT2D eigenvalue weighted by Crippen LogP contribution is -2.24. The molecule has 6 nitrogen and oxygen atoms in total. The van der Waals surface area contributed by atoms with E-state index in [0.717, 1.165) is 10.0 Å². The third kappa shape index (κ3) is 7.06. The quantitative estimate of drug-likeness (QED) is 0.404. The largest absolute Gasteiger partial charge is 0.490 e. The molecule has 0 bridgehead atoms. The molecule has 1 amide bonds. The molecule has 0 saturated carbocycles. The zero-order chi connectivity index (χ0) is 22.1. The second-order valence-corrected chi connectivity index (χ2v) is 8.40. The molecule has 0 fully saturated rings. The van der Waals surface area contributed by atoms with E-state index in [1.54, 1.807) is 6.21 Å². The lowest BCUT2D eigenvalue weighted by molar-refractivity contribution is -0.123. The smallest absolute Gasteiger partial charge is 0.277 e. The third-order valence-electron chi connectivity index (χ3n) is 4.13.